The third kappa shape index (κ3) is 3.62. The molecule has 0 saturated carbocycles. The van der Waals surface area contributed by atoms with E-state index in [1.165, 1.54) is 6.20 Å². The number of hydrogen-bond acceptors (Lipinski definition) is 6. The van der Waals surface area contributed by atoms with Gasteiger partial charge in [-0.25, -0.2) is 4.98 Å². The number of ether oxygens (including phenoxy) is 1. The second kappa shape index (κ2) is 7.25. The van der Waals surface area contributed by atoms with Crippen molar-refractivity contribution < 1.29 is 14.1 Å². The first-order valence-electron chi connectivity index (χ1n) is 8.33. The van der Waals surface area contributed by atoms with E-state index in [0.29, 0.717) is 17.0 Å². The molecule has 1 amide bonds. The summed E-state index contributed by atoms with van der Waals surface area (Å²) in [5, 5.41) is 6.78. The summed E-state index contributed by atoms with van der Waals surface area (Å²) in [5.41, 5.74) is 3.13. The molecule has 4 rings (SSSR count). The first kappa shape index (κ1) is 16.7. The number of nitrogens with zero attached hydrogens (tertiary/aromatic N) is 3. The van der Waals surface area contributed by atoms with Crippen LogP contribution in [0, 0.1) is 0 Å². The minimum absolute atomic E-state index is 0.223. The Morgan fingerprint density at radius 2 is 1.96 bits per heavy atom. The molecule has 2 aromatic heterocycles. The smallest absolute Gasteiger partial charge is 0.271 e. The average Bonchev–Trinajstić information content (AvgIpc) is 3.21. The van der Waals surface area contributed by atoms with Crippen molar-refractivity contribution in [2.75, 3.05) is 7.11 Å². The fourth-order valence-electron chi connectivity index (χ4n) is 2.64. The van der Waals surface area contributed by atoms with E-state index in [-0.39, 0.29) is 18.1 Å². The van der Waals surface area contributed by atoms with Crippen LogP contribution in [-0.4, -0.2) is 28.1 Å². The largest absolute Gasteiger partial charge is 0.497 e. The Labute approximate surface area is 155 Å². The maximum absolute atomic E-state index is 12.3. The second-order valence-electron chi connectivity index (χ2n) is 5.84. The molecule has 1 N–H and O–H groups in total. The van der Waals surface area contributed by atoms with Gasteiger partial charge < -0.3 is 14.6 Å². The molecular weight excluding hydrogens is 344 g/mol. The van der Waals surface area contributed by atoms with Crippen molar-refractivity contribution in [3.05, 3.63) is 72.2 Å². The molecule has 0 atom stereocenters. The Hall–Kier alpha value is -3.74. The van der Waals surface area contributed by atoms with Gasteiger partial charge in [0, 0.05) is 11.6 Å². The third-order valence-corrected chi connectivity index (χ3v) is 4.02. The third-order valence-electron chi connectivity index (χ3n) is 4.02. The zero-order chi connectivity index (χ0) is 18.6. The molecule has 2 heterocycles. The van der Waals surface area contributed by atoms with E-state index in [0.717, 1.165) is 16.8 Å². The zero-order valence-electron chi connectivity index (χ0n) is 14.5. The highest BCUT2D eigenvalue weighted by Crippen LogP contribution is 2.24. The Balaban J connectivity index is 1.45. The summed E-state index contributed by atoms with van der Waals surface area (Å²) in [7, 11) is 1.61. The minimum Gasteiger partial charge on any atom is -0.497 e. The fraction of sp³-hybridized carbons (Fsp3) is 0.100. The molecular formula is C20H16N4O3. The maximum Gasteiger partial charge on any atom is 0.271 e. The Morgan fingerprint density at radius 1 is 1.11 bits per heavy atom. The van der Waals surface area contributed by atoms with E-state index < -0.39 is 0 Å². The number of rotatable bonds is 5. The molecule has 0 aliphatic carbocycles. The van der Waals surface area contributed by atoms with Crippen LogP contribution >= 0.6 is 0 Å². The molecule has 0 unspecified atom stereocenters. The molecule has 0 spiro atoms. The lowest BCUT2D eigenvalue weighted by atomic mass is 10.1. The quantitative estimate of drug-likeness (QED) is 0.588. The molecule has 0 saturated heterocycles. The molecule has 2 aromatic carbocycles. The highest BCUT2D eigenvalue weighted by atomic mass is 16.5. The zero-order valence-corrected chi connectivity index (χ0v) is 14.5. The first-order valence-corrected chi connectivity index (χ1v) is 8.33. The van der Waals surface area contributed by atoms with Crippen molar-refractivity contribution >= 4 is 16.9 Å². The summed E-state index contributed by atoms with van der Waals surface area (Å²) in [6.07, 6.45) is 1.46. The summed E-state index contributed by atoms with van der Waals surface area (Å²) in [6.45, 7) is 0.223. The fourth-order valence-corrected chi connectivity index (χ4v) is 2.64. The lowest BCUT2D eigenvalue weighted by molar-refractivity contribution is 0.0945. The van der Waals surface area contributed by atoms with Crippen molar-refractivity contribution in [1.82, 2.24) is 20.4 Å². The van der Waals surface area contributed by atoms with Crippen LogP contribution < -0.4 is 10.1 Å². The van der Waals surface area contributed by atoms with Gasteiger partial charge in [-0.2, -0.15) is 0 Å². The Bertz CT molecular complexity index is 1110. The molecule has 0 radical (unpaired) electrons. The standard InChI is InChI=1S/C20H16N4O3/c1-26-15-6-4-5-13(9-15)19-10-14(24-27-19)11-22-20(25)18-12-21-16-7-2-3-8-17(16)23-18/h2-10,12H,11H2,1H3,(H,22,25). The number of benzene rings is 2. The predicted molar refractivity (Wildman–Crippen MR) is 99.2 cm³/mol. The van der Waals surface area contributed by atoms with Gasteiger partial charge in [0.05, 0.1) is 30.9 Å². The van der Waals surface area contributed by atoms with Crippen LogP contribution in [0.25, 0.3) is 22.4 Å². The van der Waals surface area contributed by atoms with Crippen LogP contribution in [0.15, 0.2) is 65.3 Å². The number of para-hydroxylation sites is 2. The average molecular weight is 360 g/mol. The van der Waals surface area contributed by atoms with E-state index in [4.69, 9.17) is 9.26 Å². The number of fused-ring (bicyclic) bond motifs is 1. The Morgan fingerprint density at radius 3 is 2.81 bits per heavy atom. The van der Waals surface area contributed by atoms with Crippen LogP contribution in [0.5, 0.6) is 5.75 Å². The van der Waals surface area contributed by atoms with E-state index >= 15 is 0 Å². The second-order valence-corrected chi connectivity index (χ2v) is 5.84. The van der Waals surface area contributed by atoms with Gasteiger partial charge in [0.2, 0.25) is 0 Å². The highest BCUT2D eigenvalue weighted by Gasteiger charge is 2.12. The van der Waals surface area contributed by atoms with Gasteiger partial charge in [-0.1, -0.05) is 29.4 Å². The number of hydrogen-bond donors (Lipinski definition) is 1. The molecule has 0 bridgehead atoms. The summed E-state index contributed by atoms with van der Waals surface area (Å²) >= 11 is 0. The van der Waals surface area contributed by atoms with Crippen LogP contribution in [0.4, 0.5) is 0 Å². The van der Waals surface area contributed by atoms with E-state index in [9.17, 15) is 4.79 Å². The molecule has 4 aromatic rings. The van der Waals surface area contributed by atoms with Gasteiger partial charge >= 0.3 is 0 Å². The lowest BCUT2D eigenvalue weighted by Gasteiger charge is -2.03. The molecule has 0 aliphatic rings. The number of nitrogens with one attached hydrogen (secondary N) is 1. The number of amides is 1. The molecule has 0 fully saturated rings. The van der Waals surface area contributed by atoms with E-state index in [2.05, 4.69) is 20.4 Å². The van der Waals surface area contributed by atoms with Crippen molar-refractivity contribution in [2.24, 2.45) is 0 Å². The van der Waals surface area contributed by atoms with Gasteiger partial charge in [0.15, 0.2) is 5.76 Å². The summed E-state index contributed by atoms with van der Waals surface area (Å²) < 4.78 is 10.6. The molecule has 0 aliphatic heterocycles. The number of carbonyl (C=O) groups excluding carboxylic acids is 1. The Kier molecular flexibility index (Phi) is 4.49. The van der Waals surface area contributed by atoms with Gasteiger partial charge in [0.1, 0.15) is 17.1 Å². The molecule has 7 nitrogen and oxygen atoms in total. The van der Waals surface area contributed by atoms with Crippen molar-refractivity contribution in [1.29, 1.82) is 0 Å². The topological polar surface area (TPSA) is 90.1 Å². The number of aromatic nitrogens is 3. The normalized spacial score (nSPS) is 10.7. The van der Waals surface area contributed by atoms with Crippen LogP contribution in [-0.2, 0) is 6.54 Å². The van der Waals surface area contributed by atoms with Crippen molar-refractivity contribution in [3.8, 4) is 17.1 Å². The van der Waals surface area contributed by atoms with Gasteiger partial charge in [0.25, 0.3) is 5.91 Å². The summed E-state index contributed by atoms with van der Waals surface area (Å²) in [4.78, 5) is 20.9. The summed E-state index contributed by atoms with van der Waals surface area (Å²) in [5.74, 6) is 1.01. The first-order chi connectivity index (χ1) is 13.2. The van der Waals surface area contributed by atoms with Gasteiger partial charge in [-0.15, -0.1) is 0 Å². The molecule has 27 heavy (non-hydrogen) atoms. The summed E-state index contributed by atoms with van der Waals surface area (Å²) in [6, 6.07) is 16.7. The van der Waals surface area contributed by atoms with Crippen LogP contribution in [0.2, 0.25) is 0 Å². The van der Waals surface area contributed by atoms with E-state index in [1.807, 2.05) is 48.5 Å². The minimum atomic E-state index is -0.320. The molecule has 134 valence electrons. The molecule has 7 heteroatoms. The number of methoxy groups -OCH3 is 1. The maximum atomic E-state index is 12.3. The number of carbonyl (C=O) groups is 1. The van der Waals surface area contributed by atoms with Crippen LogP contribution in [0.1, 0.15) is 16.2 Å². The highest BCUT2D eigenvalue weighted by molar-refractivity contribution is 5.93. The van der Waals surface area contributed by atoms with E-state index in [1.54, 1.807) is 13.2 Å². The predicted octanol–water partition coefficient (Wildman–Crippen LogP) is 3.22. The SMILES string of the molecule is COc1cccc(-c2cc(CNC(=O)c3cnc4ccccc4n3)no2)c1. The van der Waals surface area contributed by atoms with Gasteiger partial charge in [-0.05, 0) is 24.3 Å². The van der Waals surface area contributed by atoms with Crippen LogP contribution in [0.3, 0.4) is 0 Å². The monoisotopic (exact) mass is 360 g/mol. The lowest BCUT2D eigenvalue weighted by Crippen LogP contribution is -2.24. The van der Waals surface area contributed by atoms with Gasteiger partial charge in [-0.3, -0.25) is 9.78 Å². The van der Waals surface area contributed by atoms with Crippen molar-refractivity contribution in [3.63, 3.8) is 0 Å². The van der Waals surface area contributed by atoms with Crippen molar-refractivity contribution in [2.45, 2.75) is 6.54 Å².